The van der Waals surface area contributed by atoms with E-state index >= 15 is 0 Å². The van der Waals surface area contributed by atoms with E-state index in [1.165, 1.54) is 25.0 Å². The van der Waals surface area contributed by atoms with Crippen LogP contribution in [0.5, 0.6) is 5.75 Å². The molecule has 0 N–H and O–H groups in total. The van der Waals surface area contributed by atoms with Gasteiger partial charge in [-0.1, -0.05) is 42.9 Å². The third kappa shape index (κ3) is 7.11. The van der Waals surface area contributed by atoms with Crippen molar-refractivity contribution in [2.75, 3.05) is 6.61 Å². The Morgan fingerprint density at radius 1 is 0.917 bits per heavy atom. The summed E-state index contributed by atoms with van der Waals surface area (Å²) in [6, 6.07) is 20.3. The molecule has 36 heavy (non-hydrogen) atoms. The summed E-state index contributed by atoms with van der Waals surface area (Å²) in [6.45, 7) is 3.32. The van der Waals surface area contributed by atoms with Gasteiger partial charge in [-0.05, 0) is 63.1 Å². The van der Waals surface area contributed by atoms with Gasteiger partial charge in [0.25, 0.3) is 0 Å². The fourth-order valence-electron chi connectivity index (χ4n) is 4.11. The first-order chi connectivity index (χ1) is 17.3. The Bertz CT molecular complexity index is 1220. The molecule has 3 aromatic carbocycles. The Balaban J connectivity index is 1.43. The molecule has 1 unspecified atom stereocenters. The smallest absolute Gasteiger partial charge is 0.345 e. The van der Waals surface area contributed by atoms with Crippen LogP contribution in [0.25, 0.3) is 0 Å². The molecule has 0 saturated heterocycles. The molecule has 0 spiro atoms. The van der Waals surface area contributed by atoms with Crippen molar-refractivity contribution in [2.45, 2.75) is 59.8 Å². The molecular formula is C30H29F2O3S+. The van der Waals surface area contributed by atoms with Gasteiger partial charge < -0.3 is 9.47 Å². The van der Waals surface area contributed by atoms with Crippen LogP contribution in [0.1, 0.15) is 39.5 Å². The molecule has 0 heterocycles. The van der Waals surface area contributed by atoms with Gasteiger partial charge in [-0.25, -0.2) is 13.6 Å². The predicted molar refractivity (Wildman–Crippen MR) is 137 cm³/mol. The lowest BCUT2D eigenvalue weighted by molar-refractivity contribution is -0.154. The monoisotopic (exact) mass is 507 g/mol. The molecule has 1 fully saturated rings. The van der Waals surface area contributed by atoms with Crippen LogP contribution in [-0.2, 0) is 20.4 Å². The molecule has 3 nitrogen and oxygen atoms in total. The van der Waals surface area contributed by atoms with Crippen LogP contribution < -0.4 is 4.74 Å². The number of hydrogen-bond acceptors (Lipinski definition) is 3. The number of ether oxygens (including phenoxy) is 2. The largest absolute Gasteiger partial charge is 0.482 e. The summed E-state index contributed by atoms with van der Waals surface area (Å²) in [5, 5.41) is 0. The Labute approximate surface area is 214 Å². The van der Waals surface area contributed by atoms with E-state index in [9.17, 15) is 13.6 Å². The summed E-state index contributed by atoms with van der Waals surface area (Å²) in [7, 11) is -0.716. The number of carbonyl (C=O) groups excluding carboxylic acids is 1. The van der Waals surface area contributed by atoms with Gasteiger partial charge >= 0.3 is 5.97 Å². The van der Waals surface area contributed by atoms with Crippen LogP contribution in [0.3, 0.4) is 0 Å². The number of hydrogen-bond donors (Lipinski definition) is 0. The van der Waals surface area contributed by atoms with Gasteiger partial charge in [-0.3, -0.25) is 0 Å². The minimum atomic E-state index is -0.878. The van der Waals surface area contributed by atoms with Crippen molar-refractivity contribution in [3.63, 3.8) is 0 Å². The van der Waals surface area contributed by atoms with E-state index in [-0.39, 0.29) is 6.61 Å². The Morgan fingerprint density at radius 3 is 2.17 bits per heavy atom. The first kappa shape index (κ1) is 25.8. The minimum absolute atomic E-state index is 0.243. The van der Waals surface area contributed by atoms with Crippen LogP contribution in [0.15, 0.2) is 87.5 Å². The van der Waals surface area contributed by atoms with Crippen molar-refractivity contribution in [3.05, 3.63) is 84.4 Å². The molecule has 0 amide bonds. The average Bonchev–Trinajstić information content (AvgIpc) is 3.36. The predicted octanol–water partition coefficient (Wildman–Crippen LogP) is 6.95. The number of rotatable bonds is 7. The number of carbonyl (C=O) groups is 1. The lowest BCUT2D eigenvalue weighted by atomic mass is 10.1. The summed E-state index contributed by atoms with van der Waals surface area (Å²) in [5.74, 6) is 5.48. The first-order valence-electron chi connectivity index (χ1n) is 12.0. The van der Waals surface area contributed by atoms with Crippen molar-refractivity contribution in [3.8, 4) is 17.6 Å². The molecular weight excluding hydrogens is 478 g/mol. The van der Waals surface area contributed by atoms with Crippen molar-refractivity contribution >= 4 is 16.9 Å². The number of halogens is 2. The van der Waals surface area contributed by atoms with Crippen molar-refractivity contribution in [1.29, 1.82) is 0 Å². The summed E-state index contributed by atoms with van der Waals surface area (Å²) in [5.41, 5.74) is -0.878. The van der Waals surface area contributed by atoms with Gasteiger partial charge in [-0.2, -0.15) is 0 Å². The highest BCUT2D eigenvalue weighted by molar-refractivity contribution is 7.97. The molecule has 1 atom stereocenters. The van der Waals surface area contributed by atoms with Crippen LogP contribution in [0.4, 0.5) is 8.78 Å². The molecule has 4 rings (SSSR count). The maximum absolute atomic E-state index is 14.0. The molecule has 0 aliphatic heterocycles. The second kappa shape index (κ2) is 11.6. The number of esters is 1. The third-order valence-electron chi connectivity index (χ3n) is 5.77. The van der Waals surface area contributed by atoms with Crippen LogP contribution in [-0.4, -0.2) is 18.2 Å². The molecule has 6 heteroatoms. The molecule has 0 bridgehead atoms. The van der Waals surface area contributed by atoms with Crippen molar-refractivity contribution < 1.29 is 23.0 Å². The van der Waals surface area contributed by atoms with Crippen LogP contribution in [0.2, 0.25) is 0 Å². The van der Waals surface area contributed by atoms with Gasteiger partial charge in [0.05, 0.1) is 10.9 Å². The number of benzene rings is 3. The SMILES string of the molecule is CC(C)(C#CC1CCCC1)OC(=O)COc1ccc([S+](c2ccccc2)c2cc(F)cc(F)c2)cc1. The van der Waals surface area contributed by atoms with Gasteiger partial charge in [0.1, 0.15) is 17.4 Å². The van der Waals surface area contributed by atoms with Crippen LogP contribution >= 0.6 is 0 Å². The lowest BCUT2D eigenvalue weighted by Crippen LogP contribution is -2.29. The lowest BCUT2D eigenvalue weighted by Gasteiger charge is -2.19. The molecule has 1 saturated carbocycles. The molecule has 1 aliphatic rings. The molecule has 186 valence electrons. The Kier molecular flexibility index (Phi) is 8.32. The normalized spacial score (nSPS) is 14.6. The van der Waals surface area contributed by atoms with E-state index in [1.807, 2.05) is 42.5 Å². The summed E-state index contributed by atoms with van der Waals surface area (Å²) in [6.07, 6.45) is 4.63. The van der Waals surface area contributed by atoms with E-state index in [1.54, 1.807) is 26.0 Å². The quantitative estimate of drug-likeness (QED) is 0.197. The maximum Gasteiger partial charge on any atom is 0.345 e. The fourth-order valence-corrected chi connectivity index (χ4v) is 6.23. The van der Waals surface area contributed by atoms with E-state index < -0.39 is 34.1 Å². The summed E-state index contributed by atoms with van der Waals surface area (Å²) in [4.78, 5) is 14.7. The summed E-state index contributed by atoms with van der Waals surface area (Å²) < 4.78 is 39.1. The first-order valence-corrected chi connectivity index (χ1v) is 13.2. The van der Waals surface area contributed by atoms with E-state index in [2.05, 4.69) is 11.8 Å². The molecule has 3 aromatic rings. The highest BCUT2D eigenvalue weighted by Gasteiger charge is 2.30. The highest BCUT2D eigenvalue weighted by Crippen LogP contribution is 2.33. The highest BCUT2D eigenvalue weighted by atomic mass is 32.2. The zero-order valence-electron chi connectivity index (χ0n) is 20.4. The second-order valence-electron chi connectivity index (χ2n) is 9.22. The standard InChI is InChI=1S/C30H29F2O3S/c1-30(2,17-16-22-8-6-7-9-22)35-29(33)21-34-25-12-14-27(15-13-25)36(26-10-4-3-5-11-26)28-19-23(31)18-24(32)20-28/h3-5,10-15,18-20,22H,6-9,21H2,1-2H3/q+1. The van der Waals surface area contributed by atoms with E-state index in [0.717, 1.165) is 28.7 Å². The molecule has 0 radical (unpaired) electrons. The Morgan fingerprint density at radius 2 is 1.53 bits per heavy atom. The minimum Gasteiger partial charge on any atom is -0.482 e. The van der Waals surface area contributed by atoms with E-state index in [0.29, 0.717) is 16.6 Å². The zero-order chi connectivity index (χ0) is 25.5. The van der Waals surface area contributed by atoms with Gasteiger partial charge in [0.15, 0.2) is 26.9 Å². The van der Waals surface area contributed by atoms with Gasteiger partial charge in [-0.15, -0.1) is 0 Å². The van der Waals surface area contributed by atoms with E-state index in [4.69, 9.17) is 9.47 Å². The van der Waals surface area contributed by atoms with Crippen LogP contribution in [0, 0.1) is 29.4 Å². The maximum atomic E-state index is 14.0. The zero-order valence-corrected chi connectivity index (χ0v) is 21.2. The summed E-state index contributed by atoms with van der Waals surface area (Å²) >= 11 is 0. The third-order valence-corrected chi connectivity index (χ3v) is 7.96. The van der Waals surface area contributed by atoms with Crippen molar-refractivity contribution in [1.82, 2.24) is 0 Å². The average molecular weight is 508 g/mol. The molecule has 1 aliphatic carbocycles. The van der Waals surface area contributed by atoms with Gasteiger partial charge in [0, 0.05) is 24.1 Å². The topological polar surface area (TPSA) is 35.5 Å². The fraction of sp³-hybridized carbons (Fsp3) is 0.300. The van der Waals surface area contributed by atoms with Gasteiger partial charge in [0.2, 0.25) is 0 Å². The second-order valence-corrected chi connectivity index (χ2v) is 11.2. The molecule has 0 aromatic heterocycles. The van der Waals surface area contributed by atoms with Crippen molar-refractivity contribution in [2.24, 2.45) is 5.92 Å². The Hall–Kier alpha value is -3.30.